The molecule has 310 valence electrons. The van der Waals surface area contributed by atoms with Gasteiger partial charge in [0.25, 0.3) is 0 Å². The molecule has 0 atom stereocenters. The van der Waals surface area contributed by atoms with Crippen molar-refractivity contribution >= 4 is 43.6 Å². The van der Waals surface area contributed by atoms with Crippen LogP contribution in [0.5, 0.6) is 0 Å². The molecule has 0 radical (unpaired) electrons. The molecule has 65 heavy (non-hydrogen) atoms. The molecule has 5 heteroatoms. The maximum atomic E-state index is 5.59. The number of aromatic nitrogens is 5. The molecular formula is C60H45N5. The van der Waals surface area contributed by atoms with Crippen LogP contribution in [0.4, 0.5) is 0 Å². The summed E-state index contributed by atoms with van der Waals surface area (Å²) in [7, 11) is 0. The molecule has 0 amide bonds. The third kappa shape index (κ3) is 5.36. The van der Waals surface area contributed by atoms with Crippen molar-refractivity contribution in [2.24, 2.45) is 0 Å². The normalized spacial score (nSPS) is 15.0. The van der Waals surface area contributed by atoms with E-state index >= 15 is 0 Å². The topological polar surface area (TPSA) is 48.5 Å². The van der Waals surface area contributed by atoms with Crippen LogP contribution in [0.3, 0.4) is 0 Å². The fraction of sp³-hybridized carbons (Fsp3) is 0.150. The van der Waals surface area contributed by atoms with Crippen molar-refractivity contribution in [3.05, 3.63) is 220 Å². The van der Waals surface area contributed by atoms with Gasteiger partial charge in [0.05, 0.1) is 27.5 Å². The van der Waals surface area contributed by atoms with E-state index in [0.29, 0.717) is 17.7 Å². The van der Waals surface area contributed by atoms with E-state index < -0.39 is 5.41 Å². The van der Waals surface area contributed by atoms with E-state index in [4.69, 9.17) is 15.0 Å². The van der Waals surface area contributed by atoms with Gasteiger partial charge in [-0.3, -0.25) is 9.13 Å². The summed E-state index contributed by atoms with van der Waals surface area (Å²) in [5, 5.41) is 4.93. The average Bonchev–Trinajstić information content (AvgIpc) is 3.99. The van der Waals surface area contributed by atoms with Gasteiger partial charge in [0.1, 0.15) is 0 Å². The largest absolute Gasteiger partial charge is 0.278 e. The molecule has 3 heterocycles. The number of aryl methyl sites for hydroxylation is 4. The Balaban J connectivity index is 1.07. The number of benzene rings is 8. The van der Waals surface area contributed by atoms with Crippen molar-refractivity contribution in [2.75, 3.05) is 0 Å². The lowest BCUT2D eigenvalue weighted by Crippen LogP contribution is -2.28. The first-order valence-corrected chi connectivity index (χ1v) is 23.4. The third-order valence-corrected chi connectivity index (χ3v) is 15.0. The predicted molar refractivity (Wildman–Crippen MR) is 265 cm³/mol. The van der Waals surface area contributed by atoms with E-state index in [9.17, 15) is 0 Å². The number of fused-ring (bicyclic) bond motifs is 11. The van der Waals surface area contributed by atoms with Crippen LogP contribution in [0, 0.1) is 0 Å². The van der Waals surface area contributed by atoms with Gasteiger partial charge in [-0.1, -0.05) is 133 Å². The van der Waals surface area contributed by atoms with Gasteiger partial charge in [-0.05, 0) is 149 Å². The second kappa shape index (κ2) is 14.2. The molecular weight excluding hydrogens is 791 g/mol. The van der Waals surface area contributed by atoms with E-state index in [0.717, 1.165) is 53.3 Å². The summed E-state index contributed by atoms with van der Waals surface area (Å²) < 4.78 is 4.62. The van der Waals surface area contributed by atoms with Gasteiger partial charge in [0, 0.05) is 27.1 Å². The highest BCUT2D eigenvalue weighted by Gasteiger charge is 2.46. The van der Waals surface area contributed by atoms with E-state index in [1.165, 1.54) is 103 Å². The molecule has 5 nitrogen and oxygen atoms in total. The maximum Gasteiger partial charge on any atom is 0.240 e. The second-order valence-electron chi connectivity index (χ2n) is 18.4. The van der Waals surface area contributed by atoms with Crippen LogP contribution in [-0.4, -0.2) is 24.1 Å². The number of hydrogen-bond acceptors (Lipinski definition) is 3. The van der Waals surface area contributed by atoms with Crippen molar-refractivity contribution < 1.29 is 0 Å². The summed E-state index contributed by atoms with van der Waals surface area (Å²) in [6, 6.07) is 65.2. The summed E-state index contributed by atoms with van der Waals surface area (Å²) in [6.45, 7) is 0. The zero-order chi connectivity index (χ0) is 42.6. The lowest BCUT2D eigenvalue weighted by Gasteiger charge is -2.34. The Labute approximate surface area is 377 Å². The molecule has 14 rings (SSSR count). The lowest BCUT2D eigenvalue weighted by molar-refractivity contribution is 0.686. The highest BCUT2D eigenvalue weighted by molar-refractivity contribution is 6.11. The number of rotatable bonds is 5. The first-order valence-electron chi connectivity index (χ1n) is 23.4. The summed E-state index contributed by atoms with van der Waals surface area (Å²) >= 11 is 0. The van der Waals surface area contributed by atoms with E-state index in [2.05, 4.69) is 185 Å². The third-order valence-electron chi connectivity index (χ3n) is 15.0. The number of hydrogen-bond donors (Lipinski definition) is 0. The van der Waals surface area contributed by atoms with Crippen LogP contribution in [0.15, 0.2) is 176 Å². The van der Waals surface area contributed by atoms with E-state index in [1.807, 2.05) is 0 Å². The first-order chi connectivity index (χ1) is 32.2. The summed E-state index contributed by atoms with van der Waals surface area (Å²) in [5.41, 5.74) is 18.2. The molecule has 0 saturated carbocycles. The molecule has 0 unspecified atom stereocenters. The molecule has 0 fully saturated rings. The van der Waals surface area contributed by atoms with Crippen LogP contribution in [0.1, 0.15) is 70.2 Å². The average molecular weight is 836 g/mol. The Morgan fingerprint density at radius 1 is 0.354 bits per heavy atom. The zero-order valence-corrected chi connectivity index (χ0v) is 36.1. The van der Waals surface area contributed by atoms with Gasteiger partial charge in [-0.15, -0.1) is 0 Å². The summed E-state index contributed by atoms with van der Waals surface area (Å²) in [6.07, 6.45) is 9.33. The molecule has 11 aromatic rings. The Morgan fingerprint density at radius 2 is 0.815 bits per heavy atom. The van der Waals surface area contributed by atoms with Crippen LogP contribution < -0.4 is 0 Å². The molecule has 0 N–H and O–H groups in total. The zero-order valence-electron chi connectivity index (χ0n) is 36.1. The lowest BCUT2D eigenvalue weighted by atomic mass is 9.67. The minimum absolute atomic E-state index is 0.555. The van der Waals surface area contributed by atoms with Crippen molar-refractivity contribution in [3.8, 4) is 34.4 Å². The van der Waals surface area contributed by atoms with Crippen LogP contribution in [0.2, 0.25) is 0 Å². The van der Waals surface area contributed by atoms with Crippen LogP contribution in [-0.2, 0) is 31.1 Å². The van der Waals surface area contributed by atoms with Gasteiger partial charge in [0.2, 0.25) is 11.9 Å². The van der Waals surface area contributed by atoms with Crippen molar-refractivity contribution in [3.63, 3.8) is 0 Å². The minimum Gasteiger partial charge on any atom is -0.278 e. The molecule has 0 aliphatic heterocycles. The molecule has 0 saturated heterocycles. The van der Waals surface area contributed by atoms with Gasteiger partial charge >= 0.3 is 0 Å². The maximum absolute atomic E-state index is 5.59. The number of para-hydroxylation sites is 2. The smallest absolute Gasteiger partial charge is 0.240 e. The molecule has 3 aliphatic rings. The minimum atomic E-state index is -0.555. The fourth-order valence-corrected chi connectivity index (χ4v) is 12.1. The Bertz CT molecular complexity index is 3540. The molecule has 3 aromatic heterocycles. The summed E-state index contributed by atoms with van der Waals surface area (Å²) in [4.78, 5) is 16.7. The SMILES string of the molecule is c1ccc(C2(c3cccc(-c4nc(-n5c6ccccc6c6cc7c(cc65)CCCC7)nc(-n5c6ccccc6c6cc7c(cc65)CCCC7)n4)c3)c3ccccc3-c3ccccc32)cc1. The highest BCUT2D eigenvalue weighted by Crippen LogP contribution is 2.56. The van der Waals surface area contributed by atoms with Gasteiger partial charge in [-0.2, -0.15) is 15.0 Å². The monoisotopic (exact) mass is 835 g/mol. The van der Waals surface area contributed by atoms with Gasteiger partial charge in [0.15, 0.2) is 5.82 Å². The fourth-order valence-electron chi connectivity index (χ4n) is 12.1. The molecule has 8 aromatic carbocycles. The van der Waals surface area contributed by atoms with Crippen molar-refractivity contribution in [2.45, 2.75) is 56.8 Å². The quantitative estimate of drug-likeness (QED) is 0.173. The standard InChI is InChI=1S/C60H45N5/c1-2-22-43(23-3-1)60(51-29-12-8-25-45(51)46-26-9-13-30-52(46)60)44-24-16-21-42(33-44)57-61-58(64-53-31-14-10-27-47(53)49-34-38-17-4-6-19-40(38)36-55(49)64)63-59(62-57)65-54-32-15-11-28-48(54)50-35-39-18-5-7-20-41(39)37-56(50)65/h1-3,8-16,21-37H,4-7,17-20H2. The van der Waals surface area contributed by atoms with E-state index in [1.54, 1.807) is 0 Å². The first kappa shape index (κ1) is 36.8. The van der Waals surface area contributed by atoms with Gasteiger partial charge < -0.3 is 0 Å². The molecule has 0 spiro atoms. The van der Waals surface area contributed by atoms with Gasteiger partial charge in [-0.25, -0.2) is 0 Å². The molecule has 3 aliphatic carbocycles. The summed E-state index contributed by atoms with van der Waals surface area (Å²) in [5.74, 6) is 1.88. The van der Waals surface area contributed by atoms with Crippen molar-refractivity contribution in [1.82, 2.24) is 24.1 Å². The number of nitrogens with zero attached hydrogens (tertiary/aromatic N) is 5. The Morgan fingerprint density at radius 3 is 1.37 bits per heavy atom. The van der Waals surface area contributed by atoms with Crippen molar-refractivity contribution in [1.29, 1.82) is 0 Å². The Kier molecular flexibility index (Phi) is 8.04. The van der Waals surface area contributed by atoms with E-state index in [-0.39, 0.29) is 0 Å². The van der Waals surface area contributed by atoms with Crippen LogP contribution in [0.25, 0.3) is 78.0 Å². The highest BCUT2D eigenvalue weighted by atomic mass is 15.3. The second-order valence-corrected chi connectivity index (χ2v) is 18.4. The van der Waals surface area contributed by atoms with Crippen LogP contribution >= 0.6 is 0 Å². The predicted octanol–water partition coefficient (Wildman–Crippen LogP) is 13.9. The Hall–Kier alpha value is -7.63. The molecule has 0 bridgehead atoms.